The summed E-state index contributed by atoms with van der Waals surface area (Å²) in [5.41, 5.74) is 2.25. The molecule has 2 aliphatic rings. The smallest absolute Gasteiger partial charge is 0.161 e. The molecule has 3 nitrogen and oxygen atoms in total. The van der Waals surface area contributed by atoms with Crippen molar-refractivity contribution < 1.29 is 14.6 Å². The summed E-state index contributed by atoms with van der Waals surface area (Å²) in [5.74, 6) is 1.62. The van der Waals surface area contributed by atoms with Crippen LogP contribution in [0.1, 0.15) is 36.5 Å². The van der Waals surface area contributed by atoms with E-state index in [-0.39, 0.29) is 6.10 Å². The number of fused-ring (bicyclic) bond motifs is 2. The van der Waals surface area contributed by atoms with E-state index >= 15 is 0 Å². The van der Waals surface area contributed by atoms with Crippen molar-refractivity contribution in [1.82, 2.24) is 0 Å². The quantitative estimate of drug-likeness (QED) is 0.681. The number of aryl methyl sites for hydroxylation is 1. The Labute approximate surface area is 95.0 Å². The summed E-state index contributed by atoms with van der Waals surface area (Å²) in [6, 6.07) is 4.00. The number of ether oxygens (including phenoxy) is 2. The van der Waals surface area contributed by atoms with Crippen molar-refractivity contribution in [2.75, 3.05) is 13.2 Å². The van der Waals surface area contributed by atoms with Crippen LogP contribution in [0.25, 0.3) is 0 Å². The van der Waals surface area contributed by atoms with Crippen LogP contribution in [-0.4, -0.2) is 18.3 Å². The van der Waals surface area contributed by atoms with E-state index in [2.05, 4.69) is 0 Å². The van der Waals surface area contributed by atoms with Crippen LogP contribution < -0.4 is 9.47 Å². The molecular weight excluding hydrogens is 204 g/mol. The zero-order valence-electron chi connectivity index (χ0n) is 9.24. The van der Waals surface area contributed by atoms with Gasteiger partial charge in [-0.15, -0.1) is 0 Å². The van der Waals surface area contributed by atoms with Crippen molar-refractivity contribution in [2.24, 2.45) is 0 Å². The van der Waals surface area contributed by atoms with Crippen LogP contribution in [0.5, 0.6) is 11.5 Å². The number of hydrogen-bond donors (Lipinski definition) is 1. The van der Waals surface area contributed by atoms with Gasteiger partial charge in [-0.3, -0.25) is 0 Å². The summed E-state index contributed by atoms with van der Waals surface area (Å²) in [7, 11) is 0. The van der Waals surface area contributed by atoms with E-state index in [0.29, 0.717) is 13.2 Å². The lowest BCUT2D eigenvalue weighted by atomic mass is 10.00. The normalized spacial score (nSPS) is 23.4. The lowest BCUT2D eigenvalue weighted by molar-refractivity contribution is 0.159. The van der Waals surface area contributed by atoms with Gasteiger partial charge in [0.2, 0.25) is 0 Å². The minimum Gasteiger partial charge on any atom is -0.486 e. The van der Waals surface area contributed by atoms with Gasteiger partial charge in [-0.05, 0) is 42.5 Å². The minimum absolute atomic E-state index is 0.340. The van der Waals surface area contributed by atoms with Gasteiger partial charge in [0, 0.05) is 0 Å². The fourth-order valence-corrected chi connectivity index (χ4v) is 2.48. The molecule has 0 amide bonds. The van der Waals surface area contributed by atoms with Crippen LogP contribution in [0.15, 0.2) is 12.1 Å². The molecule has 0 aromatic heterocycles. The Hall–Kier alpha value is -1.22. The number of aliphatic hydroxyl groups excluding tert-OH is 1. The Balaban J connectivity index is 2.06. The van der Waals surface area contributed by atoms with Gasteiger partial charge >= 0.3 is 0 Å². The molecular formula is C13H16O3. The fraction of sp³-hybridized carbons (Fsp3) is 0.538. The van der Waals surface area contributed by atoms with E-state index < -0.39 is 0 Å². The van der Waals surface area contributed by atoms with E-state index in [4.69, 9.17) is 9.47 Å². The molecule has 0 bridgehead atoms. The molecule has 16 heavy (non-hydrogen) atoms. The zero-order chi connectivity index (χ0) is 11.0. The number of rotatable bonds is 0. The molecule has 0 saturated carbocycles. The molecule has 1 N–H and O–H groups in total. The van der Waals surface area contributed by atoms with Crippen molar-refractivity contribution in [2.45, 2.75) is 31.8 Å². The lowest BCUT2D eigenvalue weighted by Gasteiger charge is -2.21. The third-order valence-corrected chi connectivity index (χ3v) is 3.34. The molecule has 0 radical (unpaired) electrons. The summed E-state index contributed by atoms with van der Waals surface area (Å²) in [4.78, 5) is 0. The van der Waals surface area contributed by atoms with Gasteiger partial charge in [0.15, 0.2) is 11.5 Å². The van der Waals surface area contributed by atoms with E-state index in [1.54, 1.807) is 0 Å². The van der Waals surface area contributed by atoms with Crippen LogP contribution in [-0.2, 0) is 6.42 Å². The molecule has 0 fully saturated rings. The zero-order valence-corrected chi connectivity index (χ0v) is 9.24. The van der Waals surface area contributed by atoms with E-state index in [0.717, 1.165) is 42.7 Å². The van der Waals surface area contributed by atoms with Gasteiger partial charge < -0.3 is 14.6 Å². The van der Waals surface area contributed by atoms with Crippen molar-refractivity contribution in [1.29, 1.82) is 0 Å². The largest absolute Gasteiger partial charge is 0.486 e. The SMILES string of the molecule is O[C@H]1CCCCc2cc3c(cc21)OCCO3. The summed E-state index contributed by atoms with van der Waals surface area (Å²) in [6.07, 6.45) is 3.77. The van der Waals surface area contributed by atoms with Gasteiger partial charge in [-0.1, -0.05) is 6.42 Å². The third-order valence-electron chi connectivity index (χ3n) is 3.34. The maximum Gasteiger partial charge on any atom is 0.161 e. The van der Waals surface area contributed by atoms with Crippen LogP contribution >= 0.6 is 0 Å². The van der Waals surface area contributed by atoms with Gasteiger partial charge in [0.05, 0.1) is 6.10 Å². The predicted octanol–water partition coefficient (Wildman–Crippen LogP) is 2.22. The molecule has 1 heterocycles. The van der Waals surface area contributed by atoms with Gasteiger partial charge in [0.1, 0.15) is 13.2 Å². The fourth-order valence-electron chi connectivity index (χ4n) is 2.48. The van der Waals surface area contributed by atoms with E-state index in [1.165, 1.54) is 5.56 Å². The van der Waals surface area contributed by atoms with Crippen LogP contribution in [0.4, 0.5) is 0 Å². The van der Waals surface area contributed by atoms with E-state index in [1.807, 2.05) is 12.1 Å². The molecule has 0 saturated heterocycles. The molecule has 1 aromatic carbocycles. The first-order valence-corrected chi connectivity index (χ1v) is 5.95. The molecule has 1 aliphatic carbocycles. The summed E-state index contributed by atoms with van der Waals surface area (Å²) < 4.78 is 11.1. The predicted molar refractivity (Wildman–Crippen MR) is 59.9 cm³/mol. The second-order valence-corrected chi connectivity index (χ2v) is 4.46. The van der Waals surface area contributed by atoms with Crippen LogP contribution in [0, 0.1) is 0 Å². The minimum atomic E-state index is -0.340. The monoisotopic (exact) mass is 220 g/mol. The molecule has 3 rings (SSSR count). The van der Waals surface area contributed by atoms with Gasteiger partial charge in [-0.2, -0.15) is 0 Å². The highest BCUT2D eigenvalue weighted by atomic mass is 16.6. The molecule has 0 unspecified atom stereocenters. The lowest BCUT2D eigenvalue weighted by Crippen LogP contribution is -2.16. The maximum absolute atomic E-state index is 10.0. The van der Waals surface area contributed by atoms with Crippen molar-refractivity contribution in [3.05, 3.63) is 23.3 Å². The van der Waals surface area contributed by atoms with Crippen molar-refractivity contribution in [3.63, 3.8) is 0 Å². The summed E-state index contributed by atoms with van der Waals surface area (Å²) >= 11 is 0. The van der Waals surface area contributed by atoms with Crippen molar-refractivity contribution >= 4 is 0 Å². The molecule has 1 atom stereocenters. The standard InChI is InChI=1S/C13H16O3/c14-11-4-2-1-3-9-7-12-13(8-10(9)11)16-6-5-15-12/h7-8,11,14H,1-6H2/t11-/m0/s1. The topological polar surface area (TPSA) is 38.7 Å². The maximum atomic E-state index is 10.0. The molecule has 0 spiro atoms. The van der Waals surface area contributed by atoms with Gasteiger partial charge in [0.25, 0.3) is 0 Å². The third kappa shape index (κ3) is 1.65. The average Bonchev–Trinajstić information content (AvgIpc) is 2.49. The van der Waals surface area contributed by atoms with Crippen molar-refractivity contribution in [3.8, 4) is 11.5 Å². The van der Waals surface area contributed by atoms with E-state index in [9.17, 15) is 5.11 Å². The number of hydrogen-bond acceptors (Lipinski definition) is 3. The Morgan fingerprint density at radius 1 is 1.06 bits per heavy atom. The Bertz CT molecular complexity index is 400. The summed E-state index contributed by atoms with van der Waals surface area (Å²) in [5, 5.41) is 10.0. The second kappa shape index (κ2) is 3.98. The Morgan fingerprint density at radius 3 is 2.62 bits per heavy atom. The highest BCUT2D eigenvalue weighted by Crippen LogP contribution is 2.38. The first kappa shape index (κ1) is 9.97. The first-order chi connectivity index (χ1) is 7.84. The molecule has 3 heteroatoms. The highest BCUT2D eigenvalue weighted by Gasteiger charge is 2.21. The number of aliphatic hydroxyl groups is 1. The molecule has 86 valence electrons. The van der Waals surface area contributed by atoms with Gasteiger partial charge in [-0.25, -0.2) is 0 Å². The molecule has 1 aliphatic heterocycles. The molecule has 1 aromatic rings. The number of benzene rings is 1. The summed E-state index contributed by atoms with van der Waals surface area (Å²) in [6.45, 7) is 1.22. The Morgan fingerprint density at radius 2 is 1.81 bits per heavy atom. The average molecular weight is 220 g/mol. The van der Waals surface area contributed by atoms with Crippen LogP contribution in [0.3, 0.4) is 0 Å². The first-order valence-electron chi connectivity index (χ1n) is 5.95. The van der Waals surface area contributed by atoms with Crippen LogP contribution in [0.2, 0.25) is 0 Å². The second-order valence-electron chi connectivity index (χ2n) is 4.46. The Kier molecular flexibility index (Phi) is 2.48. The highest BCUT2D eigenvalue weighted by molar-refractivity contribution is 5.49.